The summed E-state index contributed by atoms with van der Waals surface area (Å²) in [6, 6.07) is 4.50. The molecule has 5 nitrogen and oxygen atoms in total. The lowest BCUT2D eigenvalue weighted by Gasteiger charge is -2.25. The van der Waals surface area contributed by atoms with Gasteiger partial charge in [0.25, 0.3) is 5.91 Å². The van der Waals surface area contributed by atoms with E-state index >= 15 is 0 Å². The average molecular weight is 393 g/mol. The van der Waals surface area contributed by atoms with Crippen molar-refractivity contribution in [1.82, 2.24) is 15.5 Å². The Kier molecular flexibility index (Phi) is 6.75. The quantitative estimate of drug-likeness (QED) is 0.831. The smallest absolute Gasteiger partial charge is 0.254 e. The van der Waals surface area contributed by atoms with Gasteiger partial charge in [0.1, 0.15) is 6.04 Å². The highest BCUT2D eigenvalue weighted by Gasteiger charge is 2.35. The maximum Gasteiger partial charge on any atom is 0.254 e. The zero-order valence-electron chi connectivity index (χ0n) is 13.1. The van der Waals surface area contributed by atoms with Crippen LogP contribution in [0.15, 0.2) is 18.2 Å². The summed E-state index contributed by atoms with van der Waals surface area (Å²) in [5, 5.41) is 7.08. The zero-order chi connectivity index (χ0) is 16.4. The molecule has 2 fully saturated rings. The third-order valence-corrected chi connectivity index (χ3v) is 4.77. The van der Waals surface area contributed by atoms with Gasteiger partial charge < -0.3 is 15.5 Å². The first-order chi connectivity index (χ1) is 11.0. The van der Waals surface area contributed by atoms with Crippen LogP contribution in [0.3, 0.4) is 0 Å². The standard InChI is InChI=1S/C16H19Cl2N3O2.ClH/c17-11-6-10(7-12(18)8-11)16(23)21-5-1-2-14(21)15(22)20-13-3-4-19-9-13;/h6-8,13-14,19H,1-5,9H2,(H,20,22);1H. The largest absolute Gasteiger partial charge is 0.350 e. The molecule has 1 aromatic carbocycles. The monoisotopic (exact) mass is 391 g/mol. The van der Waals surface area contributed by atoms with Crippen molar-refractivity contribution < 1.29 is 9.59 Å². The van der Waals surface area contributed by atoms with Gasteiger partial charge in [0.2, 0.25) is 5.91 Å². The van der Waals surface area contributed by atoms with Crippen LogP contribution in [0.4, 0.5) is 0 Å². The fraction of sp³-hybridized carbons (Fsp3) is 0.500. The van der Waals surface area contributed by atoms with Crippen LogP contribution in [-0.2, 0) is 4.79 Å². The Morgan fingerprint density at radius 2 is 1.88 bits per heavy atom. The molecule has 2 aliphatic heterocycles. The predicted octanol–water partition coefficient (Wildman–Crippen LogP) is 2.50. The van der Waals surface area contributed by atoms with E-state index in [0.717, 1.165) is 25.9 Å². The van der Waals surface area contributed by atoms with Crippen LogP contribution in [0.1, 0.15) is 29.6 Å². The Morgan fingerprint density at radius 1 is 1.17 bits per heavy atom. The minimum absolute atomic E-state index is 0. The molecule has 0 aromatic heterocycles. The first-order valence-corrected chi connectivity index (χ1v) is 8.58. The van der Waals surface area contributed by atoms with E-state index in [1.807, 2.05) is 0 Å². The van der Waals surface area contributed by atoms with Crippen molar-refractivity contribution in [2.45, 2.75) is 31.3 Å². The van der Waals surface area contributed by atoms with Gasteiger partial charge in [0.15, 0.2) is 0 Å². The minimum atomic E-state index is -0.416. The molecule has 2 atom stereocenters. The number of amides is 2. The van der Waals surface area contributed by atoms with Crippen molar-refractivity contribution in [3.05, 3.63) is 33.8 Å². The number of carbonyl (C=O) groups excluding carboxylic acids is 2. The van der Waals surface area contributed by atoms with E-state index in [9.17, 15) is 9.59 Å². The van der Waals surface area contributed by atoms with Crippen molar-refractivity contribution >= 4 is 47.4 Å². The number of rotatable bonds is 3. The number of nitrogens with one attached hydrogen (secondary N) is 2. The molecule has 24 heavy (non-hydrogen) atoms. The van der Waals surface area contributed by atoms with Crippen LogP contribution in [0, 0.1) is 0 Å². The fourth-order valence-electron chi connectivity index (χ4n) is 3.20. The van der Waals surface area contributed by atoms with Crippen LogP contribution in [0.2, 0.25) is 10.0 Å². The van der Waals surface area contributed by atoms with Crippen LogP contribution >= 0.6 is 35.6 Å². The number of hydrogen-bond acceptors (Lipinski definition) is 3. The summed E-state index contributed by atoms with van der Waals surface area (Å²) in [4.78, 5) is 26.8. The highest BCUT2D eigenvalue weighted by molar-refractivity contribution is 6.35. The summed E-state index contributed by atoms with van der Waals surface area (Å²) in [7, 11) is 0. The van der Waals surface area contributed by atoms with E-state index in [0.29, 0.717) is 28.6 Å². The van der Waals surface area contributed by atoms with Gasteiger partial charge in [-0.25, -0.2) is 0 Å². The normalized spacial score (nSPS) is 23.0. The summed E-state index contributed by atoms with van der Waals surface area (Å²) in [6.45, 7) is 2.28. The maximum absolute atomic E-state index is 12.7. The van der Waals surface area contributed by atoms with E-state index in [-0.39, 0.29) is 30.3 Å². The van der Waals surface area contributed by atoms with Gasteiger partial charge in [-0.3, -0.25) is 9.59 Å². The Morgan fingerprint density at radius 3 is 2.50 bits per heavy atom. The van der Waals surface area contributed by atoms with Crippen LogP contribution < -0.4 is 10.6 Å². The molecule has 2 amide bonds. The third kappa shape index (κ3) is 4.33. The SMILES string of the molecule is Cl.O=C(NC1CCNC1)C1CCCN1C(=O)c1cc(Cl)cc(Cl)c1. The lowest BCUT2D eigenvalue weighted by Crippen LogP contribution is -2.49. The summed E-state index contributed by atoms with van der Waals surface area (Å²) in [6.07, 6.45) is 2.43. The van der Waals surface area contributed by atoms with Gasteiger partial charge in [-0.1, -0.05) is 23.2 Å². The van der Waals surface area contributed by atoms with Crippen LogP contribution in [0.25, 0.3) is 0 Å². The topological polar surface area (TPSA) is 61.4 Å². The first kappa shape index (κ1) is 19.3. The molecule has 0 spiro atoms. The molecule has 3 rings (SSSR count). The number of carbonyl (C=O) groups is 2. The van der Waals surface area contributed by atoms with Crippen molar-refractivity contribution in [3.8, 4) is 0 Å². The molecule has 2 N–H and O–H groups in total. The molecule has 1 aromatic rings. The predicted molar refractivity (Wildman–Crippen MR) is 97.2 cm³/mol. The highest BCUT2D eigenvalue weighted by Crippen LogP contribution is 2.24. The van der Waals surface area contributed by atoms with E-state index < -0.39 is 6.04 Å². The van der Waals surface area contributed by atoms with Crippen LogP contribution in [0.5, 0.6) is 0 Å². The van der Waals surface area contributed by atoms with Gasteiger partial charge in [0.05, 0.1) is 0 Å². The molecule has 0 saturated carbocycles. The molecular formula is C16H20Cl3N3O2. The molecule has 2 heterocycles. The molecule has 8 heteroatoms. The number of benzene rings is 1. The third-order valence-electron chi connectivity index (χ3n) is 4.33. The van der Waals surface area contributed by atoms with E-state index in [1.54, 1.807) is 23.1 Å². The number of hydrogen-bond donors (Lipinski definition) is 2. The molecule has 0 aliphatic carbocycles. The molecule has 0 bridgehead atoms. The van der Waals surface area contributed by atoms with Crippen molar-refractivity contribution in [3.63, 3.8) is 0 Å². The van der Waals surface area contributed by atoms with Crippen LogP contribution in [-0.4, -0.2) is 48.4 Å². The zero-order valence-corrected chi connectivity index (χ0v) is 15.4. The summed E-state index contributed by atoms with van der Waals surface area (Å²) < 4.78 is 0. The highest BCUT2D eigenvalue weighted by atomic mass is 35.5. The van der Waals surface area contributed by atoms with Gasteiger partial charge in [-0.05, 0) is 44.0 Å². The van der Waals surface area contributed by atoms with Crippen molar-refractivity contribution in [2.75, 3.05) is 19.6 Å². The summed E-state index contributed by atoms with van der Waals surface area (Å²) in [5.74, 6) is -0.269. The van der Waals surface area contributed by atoms with Gasteiger partial charge in [-0.15, -0.1) is 12.4 Å². The van der Waals surface area contributed by atoms with E-state index in [1.165, 1.54) is 0 Å². The van der Waals surface area contributed by atoms with Crippen molar-refractivity contribution in [2.24, 2.45) is 0 Å². The maximum atomic E-state index is 12.7. The lowest BCUT2D eigenvalue weighted by molar-refractivity contribution is -0.125. The van der Waals surface area contributed by atoms with E-state index in [2.05, 4.69) is 10.6 Å². The first-order valence-electron chi connectivity index (χ1n) is 7.83. The molecule has 2 saturated heterocycles. The second-order valence-electron chi connectivity index (χ2n) is 6.01. The van der Waals surface area contributed by atoms with Gasteiger partial charge >= 0.3 is 0 Å². The number of halogens is 3. The Balaban J connectivity index is 0.00000208. The molecular weight excluding hydrogens is 373 g/mol. The lowest BCUT2D eigenvalue weighted by atomic mass is 10.1. The van der Waals surface area contributed by atoms with Gasteiger partial charge in [0, 0.05) is 34.7 Å². The second kappa shape index (κ2) is 8.39. The fourth-order valence-corrected chi connectivity index (χ4v) is 3.73. The molecule has 2 aliphatic rings. The number of nitrogens with zero attached hydrogens (tertiary/aromatic N) is 1. The average Bonchev–Trinajstić information content (AvgIpc) is 3.16. The van der Waals surface area contributed by atoms with Gasteiger partial charge in [-0.2, -0.15) is 0 Å². The summed E-state index contributed by atoms with van der Waals surface area (Å²) >= 11 is 11.9. The molecule has 132 valence electrons. The van der Waals surface area contributed by atoms with E-state index in [4.69, 9.17) is 23.2 Å². The molecule has 0 radical (unpaired) electrons. The minimum Gasteiger partial charge on any atom is -0.350 e. The Hall–Kier alpha value is -1.01. The number of likely N-dealkylation sites (tertiary alicyclic amines) is 1. The summed E-state index contributed by atoms with van der Waals surface area (Å²) in [5.41, 5.74) is 0.421. The Bertz CT molecular complexity index is 600. The Labute approximate surface area is 157 Å². The second-order valence-corrected chi connectivity index (χ2v) is 6.89. The molecule has 2 unspecified atom stereocenters. The van der Waals surface area contributed by atoms with Crippen molar-refractivity contribution in [1.29, 1.82) is 0 Å².